The number of carbonyl (C=O) groups is 1. The van der Waals surface area contributed by atoms with E-state index in [4.69, 9.17) is 4.74 Å². The third-order valence-corrected chi connectivity index (χ3v) is 6.03. The number of hydrogen-bond donors (Lipinski definition) is 0. The fourth-order valence-corrected chi connectivity index (χ4v) is 4.34. The standard InChI is InChI=1S/C24H24F6O2/c1-32-19-9-6-15(7-10-19)8-11-20(21-4-2-3-5-22(21)31)16-12-17(23(25,26)27)14-18(13-16)24(28,29)30/h6-7,9-10,12-14,20-21H,2-5,8,11H2,1H3. The van der Waals surface area contributed by atoms with E-state index in [1.54, 1.807) is 24.3 Å². The second-order valence-corrected chi connectivity index (χ2v) is 8.15. The van der Waals surface area contributed by atoms with Crippen molar-refractivity contribution in [2.24, 2.45) is 5.92 Å². The molecule has 1 aliphatic rings. The van der Waals surface area contributed by atoms with Gasteiger partial charge >= 0.3 is 12.4 Å². The Morgan fingerprint density at radius 1 is 0.938 bits per heavy atom. The van der Waals surface area contributed by atoms with Crippen molar-refractivity contribution in [3.05, 3.63) is 64.7 Å². The number of alkyl halides is 6. The molecule has 2 nitrogen and oxygen atoms in total. The van der Waals surface area contributed by atoms with Crippen molar-refractivity contribution < 1.29 is 35.9 Å². The third-order valence-electron chi connectivity index (χ3n) is 6.03. The SMILES string of the molecule is COc1ccc(CCC(c2cc(C(F)(F)F)cc(C(F)(F)F)c2)C2CCCCC2=O)cc1. The van der Waals surface area contributed by atoms with Gasteiger partial charge in [-0.3, -0.25) is 4.79 Å². The van der Waals surface area contributed by atoms with Crippen LogP contribution >= 0.6 is 0 Å². The monoisotopic (exact) mass is 458 g/mol. The van der Waals surface area contributed by atoms with Gasteiger partial charge in [-0.2, -0.15) is 26.3 Å². The molecular formula is C24H24F6O2. The summed E-state index contributed by atoms with van der Waals surface area (Å²) in [6.45, 7) is 0. The number of carbonyl (C=O) groups excluding carboxylic acids is 1. The van der Waals surface area contributed by atoms with Gasteiger partial charge in [0.2, 0.25) is 0 Å². The Hall–Kier alpha value is -2.51. The predicted octanol–water partition coefficient (Wildman–Crippen LogP) is 7.21. The number of hydrogen-bond acceptors (Lipinski definition) is 2. The lowest BCUT2D eigenvalue weighted by molar-refractivity contribution is -0.143. The van der Waals surface area contributed by atoms with Gasteiger partial charge in [0.1, 0.15) is 11.5 Å². The molecule has 174 valence electrons. The minimum Gasteiger partial charge on any atom is -0.497 e. The van der Waals surface area contributed by atoms with Gasteiger partial charge in [-0.05, 0) is 73.1 Å². The summed E-state index contributed by atoms with van der Waals surface area (Å²) in [6, 6.07) is 8.75. The molecule has 0 heterocycles. The smallest absolute Gasteiger partial charge is 0.416 e. The van der Waals surface area contributed by atoms with E-state index in [0.717, 1.165) is 24.1 Å². The number of aryl methyl sites for hydroxylation is 1. The highest BCUT2D eigenvalue weighted by atomic mass is 19.4. The van der Waals surface area contributed by atoms with E-state index < -0.39 is 35.3 Å². The minimum absolute atomic E-state index is 0.0825. The molecule has 32 heavy (non-hydrogen) atoms. The van der Waals surface area contributed by atoms with Crippen molar-refractivity contribution in [3.8, 4) is 5.75 Å². The number of Topliss-reactive ketones (excluding diaryl/α,β-unsaturated/α-hetero) is 1. The zero-order valence-electron chi connectivity index (χ0n) is 17.5. The van der Waals surface area contributed by atoms with Gasteiger partial charge in [-0.15, -0.1) is 0 Å². The van der Waals surface area contributed by atoms with E-state index in [9.17, 15) is 31.1 Å². The molecule has 0 aromatic heterocycles. The lowest BCUT2D eigenvalue weighted by atomic mass is 9.73. The Morgan fingerprint density at radius 3 is 2.03 bits per heavy atom. The summed E-state index contributed by atoms with van der Waals surface area (Å²) in [6.07, 6.45) is -6.99. The molecular weight excluding hydrogens is 434 g/mol. The molecule has 0 N–H and O–H groups in total. The summed E-state index contributed by atoms with van der Waals surface area (Å²) < 4.78 is 85.5. The molecule has 0 aliphatic heterocycles. The Balaban J connectivity index is 2.00. The summed E-state index contributed by atoms with van der Waals surface area (Å²) in [5.74, 6) is -0.776. The second-order valence-electron chi connectivity index (χ2n) is 8.15. The first kappa shape index (κ1) is 24.1. The number of rotatable bonds is 6. The second kappa shape index (κ2) is 9.55. The molecule has 2 atom stereocenters. The van der Waals surface area contributed by atoms with E-state index in [0.29, 0.717) is 31.4 Å². The van der Waals surface area contributed by atoms with Gasteiger partial charge < -0.3 is 4.74 Å². The van der Waals surface area contributed by atoms with Crippen LogP contribution < -0.4 is 4.74 Å². The zero-order chi connectivity index (χ0) is 23.5. The van der Waals surface area contributed by atoms with Gasteiger partial charge in [0, 0.05) is 12.3 Å². The molecule has 1 aliphatic carbocycles. The van der Waals surface area contributed by atoms with Crippen molar-refractivity contribution in [3.63, 3.8) is 0 Å². The van der Waals surface area contributed by atoms with Crippen LogP contribution in [0, 0.1) is 5.92 Å². The highest BCUT2D eigenvalue weighted by Crippen LogP contribution is 2.42. The Morgan fingerprint density at radius 2 is 1.53 bits per heavy atom. The summed E-state index contributed by atoms with van der Waals surface area (Å²) in [5, 5.41) is 0. The minimum atomic E-state index is -4.92. The molecule has 1 fully saturated rings. The van der Waals surface area contributed by atoms with Crippen molar-refractivity contribution in [2.75, 3.05) is 7.11 Å². The van der Waals surface area contributed by atoms with Gasteiger partial charge in [0.15, 0.2) is 0 Å². The molecule has 0 bridgehead atoms. The lowest BCUT2D eigenvalue weighted by Gasteiger charge is -2.30. The van der Waals surface area contributed by atoms with Crippen molar-refractivity contribution in [2.45, 2.75) is 56.8 Å². The molecule has 2 unspecified atom stereocenters. The maximum atomic E-state index is 13.4. The first-order chi connectivity index (χ1) is 15.0. The first-order valence-electron chi connectivity index (χ1n) is 10.4. The lowest BCUT2D eigenvalue weighted by Crippen LogP contribution is -2.27. The van der Waals surface area contributed by atoms with Crippen molar-refractivity contribution in [1.29, 1.82) is 0 Å². The number of methoxy groups -OCH3 is 1. The maximum absolute atomic E-state index is 13.4. The molecule has 2 aromatic carbocycles. The Bertz CT molecular complexity index is 899. The average molecular weight is 458 g/mol. The molecule has 0 spiro atoms. The van der Waals surface area contributed by atoms with Crippen LogP contribution in [0.1, 0.15) is 60.3 Å². The molecule has 0 amide bonds. The average Bonchev–Trinajstić information content (AvgIpc) is 2.74. The van der Waals surface area contributed by atoms with Gasteiger partial charge in [-0.25, -0.2) is 0 Å². The third kappa shape index (κ3) is 5.84. The zero-order valence-corrected chi connectivity index (χ0v) is 17.5. The van der Waals surface area contributed by atoms with Crippen LogP contribution in [0.3, 0.4) is 0 Å². The maximum Gasteiger partial charge on any atom is 0.416 e. The highest BCUT2D eigenvalue weighted by Gasteiger charge is 2.39. The molecule has 0 radical (unpaired) electrons. The van der Waals surface area contributed by atoms with Gasteiger partial charge in [0.05, 0.1) is 18.2 Å². The van der Waals surface area contributed by atoms with Crippen molar-refractivity contribution >= 4 is 5.78 Å². The summed E-state index contributed by atoms with van der Waals surface area (Å²) in [7, 11) is 1.52. The Kier molecular flexibility index (Phi) is 7.20. The van der Waals surface area contributed by atoms with Gasteiger partial charge in [0.25, 0.3) is 0 Å². The van der Waals surface area contributed by atoms with E-state index in [2.05, 4.69) is 0 Å². The van der Waals surface area contributed by atoms with Crippen LogP contribution in [0.5, 0.6) is 5.75 Å². The van der Waals surface area contributed by atoms with Crippen LogP contribution in [0.2, 0.25) is 0 Å². The fourth-order valence-electron chi connectivity index (χ4n) is 4.34. The molecule has 8 heteroatoms. The number of benzene rings is 2. The van der Waals surface area contributed by atoms with E-state index in [-0.39, 0.29) is 23.8 Å². The topological polar surface area (TPSA) is 26.3 Å². The Labute approximate surface area is 182 Å². The van der Waals surface area contributed by atoms with Crippen LogP contribution in [-0.4, -0.2) is 12.9 Å². The van der Waals surface area contributed by atoms with Crippen molar-refractivity contribution in [1.82, 2.24) is 0 Å². The number of halogens is 6. The number of ether oxygens (including phenoxy) is 1. The first-order valence-corrected chi connectivity index (χ1v) is 10.4. The van der Waals surface area contributed by atoms with E-state index in [1.807, 2.05) is 0 Å². The summed E-state index contributed by atoms with van der Waals surface area (Å²) >= 11 is 0. The quantitative estimate of drug-likeness (QED) is 0.428. The fraction of sp³-hybridized carbons (Fsp3) is 0.458. The molecule has 3 rings (SSSR count). The van der Waals surface area contributed by atoms with E-state index >= 15 is 0 Å². The molecule has 1 saturated carbocycles. The predicted molar refractivity (Wildman–Crippen MR) is 107 cm³/mol. The summed E-state index contributed by atoms with van der Waals surface area (Å²) in [4.78, 5) is 12.6. The normalized spacial score (nSPS) is 18.5. The largest absolute Gasteiger partial charge is 0.497 e. The highest BCUT2D eigenvalue weighted by molar-refractivity contribution is 5.82. The van der Waals surface area contributed by atoms with Crippen LogP contribution in [-0.2, 0) is 23.6 Å². The van der Waals surface area contributed by atoms with E-state index in [1.165, 1.54) is 7.11 Å². The number of ketones is 1. The summed E-state index contributed by atoms with van der Waals surface area (Å²) in [5.41, 5.74) is -1.91. The van der Waals surface area contributed by atoms with Gasteiger partial charge in [-0.1, -0.05) is 18.6 Å². The van der Waals surface area contributed by atoms with Crippen LogP contribution in [0.25, 0.3) is 0 Å². The molecule has 0 saturated heterocycles. The molecule has 2 aromatic rings. The van der Waals surface area contributed by atoms with Crippen LogP contribution in [0.4, 0.5) is 26.3 Å². The van der Waals surface area contributed by atoms with Crippen LogP contribution in [0.15, 0.2) is 42.5 Å².